The van der Waals surface area contributed by atoms with E-state index in [1.165, 1.54) is 37.8 Å². The number of hydrogen-bond donors (Lipinski definition) is 2. The minimum absolute atomic E-state index is 0.0294. The molecule has 2 aromatic heterocycles. The lowest BCUT2D eigenvalue weighted by Gasteiger charge is -2.29. The van der Waals surface area contributed by atoms with E-state index < -0.39 is 35.5 Å². The zero-order valence-electron chi connectivity index (χ0n) is 29.8. The number of allylic oxidation sites excluding steroid dienone is 1. The average molecular weight is 702 g/mol. The van der Waals surface area contributed by atoms with Crippen molar-refractivity contribution in [2.45, 2.75) is 128 Å². The molecule has 0 unspecified atom stereocenters. The number of carboxylic acid groups (broad SMARTS) is 1. The summed E-state index contributed by atoms with van der Waals surface area (Å²) in [6.45, 7) is 8.27. The molecule has 0 bridgehead atoms. The molecule has 2 aliphatic heterocycles. The second kappa shape index (κ2) is 14.1. The molecular weight excluding hydrogens is 651 g/mol. The molecule has 1 saturated heterocycles. The van der Waals surface area contributed by atoms with Gasteiger partial charge in [-0.05, 0) is 64.5 Å². The van der Waals surface area contributed by atoms with Crippen LogP contribution in [-0.2, 0) is 14.4 Å². The Balaban J connectivity index is 1.20. The summed E-state index contributed by atoms with van der Waals surface area (Å²) in [5.74, 6) is -1.98. The fourth-order valence-electron chi connectivity index (χ4n) is 8.51. The largest absolute Gasteiger partial charge is 0.479 e. The molecular formula is C39H51N5O5S. The predicted octanol–water partition coefficient (Wildman–Crippen LogP) is 7.50. The molecule has 4 heterocycles. The Hall–Kier alpha value is -3.73. The number of hydrogen-bond acceptors (Lipinski definition) is 7. The number of thiazole rings is 1. The maximum absolute atomic E-state index is 14.1. The summed E-state index contributed by atoms with van der Waals surface area (Å²) in [6, 6.07) is 5.79. The van der Waals surface area contributed by atoms with Gasteiger partial charge in [0.15, 0.2) is 0 Å². The number of nitrogens with zero attached hydrogens (tertiary/aromatic N) is 4. The predicted molar refractivity (Wildman–Crippen MR) is 194 cm³/mol. The van der Waals surface area contributed by atoms with Crippen LogP contribution >= 0.6 is 11.3 Å². The lowest BCUT2D eigenvalue weighted by atomic mass is 9.87. The molecule has 50 heavy (non-hydrogen) atoms. The zero-order chi connectivity index (χ0) is 35.2. The first-order chi connectivity index (χ1) is 24.1. The highest BCUT2D eigenvalue weighted by atomic mass is 32.1. The summed E-state index contributed by atoms with van der Waals surface area (Å²) in [4.78, 5) is 52.5. The van der Waals surface area contributed by atoms with E-state index in [1.54, 1.807) is 16.2 Å². The van der Waals surface area contributed by atoms with Gasteiger partial charge in [0.05, 0.1) is 17.8 Å². The number of rotatable bonds is 6. The van der Waals surface area contributed by atoms with Crippen molar-refractivity contribution in [1.29, 1.82) is 0 Å². The number of benzene rings is 1. The van der Waals surface area contributed by atoms with Gasteiger partial charge in [-0.25, -0.2) is 9.78 Å². The number of aromatic nitrogens is 3. The van der Waals surface area contributed by atoms with Crippen molar-refractivity contribution < 1.29 is 24.2 Å². The van der Waals surface area contributed by atoms with Gasteiger partial charge in [0.2, 0.25) is 11.8 Å². The average Bonchev–Trinajstić information content (AvgIpc) is 3.39. The molecule has 2 saturated carbocycles. The van der Waals surface area contributed by atoms with Gasteiger partial charge in [-0.15, -0.1) is 11.3 Å². The molecule has 2 aliphatic carbocycles. The number of para-hydroxylation sites is 1. The Morgan fingerprint density at radius 2 is 1.82 bits per heavy atom. The second-order valence-electron chi connectivity index (χ2n) is 15.4. The van der Waals surface area contributed by atoms with Crippen molar-refractivity contribution >= 4 is 40.2 Å². The molecule has 11 heteroatoms. The molecule has 3 aromatic rings. The first kappa shape index (κ1) is 34.7. The Morgan fingerprint density at radius 3 is 2.58 bits per heavy atom. The monoisotopic (exact) mass is 701 g/mol. The minimum atomic E-state index is -1.35. The van der Waals surface area contributed by atoms with Crippen LogP contribution in [0.4, 0.5) is 0 Å². The third-order valence-corrected chi connectivity index (χ3v) is 12.5. The molecule has 0 spiro atoms. The van der Waals surface area contributed by atoms with Crippen LogP contribution in [0.1, 0.15) is 116 Å². The van der Waals surface area contributed by atoms with E-state index in [9.17, 15) is 19.5 Å². The maximum Gasteiger partial charge on any atom is 0.330 e. The van der Waals surface area contributed by atoms with Gasteiger partial charge in [0, 0.05) is 40.7 Å². The molecule has 1 aromatic carbocycles. The summed E-state index contributed by atoms with van der Waals surface area (Å²) >= 11 is 1.67. The Morgan fingerprint density at radius 1 is 1.06 bits per heavy atom. The fraction of sp³-hybridized carbons (Fsp3) is 0.615. The molecule has 0 radical (unpaired) electrons. The van der Waals surface area contributed by atoms with Crippen LogP contribution in [0.5, 0.6) is 6.01 Å². The van der Waals surface area contributed by atoms with E-state index in [4.69, 9.17) is 14.7 Å². The van der Waals surface area contributed by atoms with Crippen molar-refractivity contribution in [1.82, 2.24) is 24.8 Å². The number of nitrogens with one attached hydrogen (secondary N) is 1. The fourth-order valence-corrected chi connectivity index (χ4v) is 9.44. The highest BCUT2D eigenvalue weighted by Crippen LogP contribution is 2.46. The molecule has 6 atom stereocenters. The highest BCUT2D eigenvalue weighted by Gasteiger charge is 2.62. The molecule has 10 nitrogen and oxygen atoms in total. The first-order valence-electron chi connectivity index (χ1n) is 18.7. The topological polar surface area (TPSA) is 127 Å². The summed E-state index contributed by atoms with van der Waals surface area (Å²) in [5.41, 5.74) is 2.57. The maximum atomic E-state index is 14.1. The molecule has 4 aliphatic rings. The first-order valence-corrected chi connectivity index (χ1v) is 19.6. The third-order valence-electron chi connectivity index (χ3n) is 11.6. The zero-order valence-corrected chi connectivity index (χ0v) is 30.6. The van der Waals surface area contributed by atoms with E-state index in [-0.39, 0.29) is 30.3 Å². The molecule has 3 fully saturated rings. The van der Waals surface area contributed by atoms with Gasteiger partial charge in [0.1, 0.15) is 28.2 Å². The summed E-state index contributed by atoms with van der Waals surface area (Å²) in [5, 5.41) is 16.3. The van der Waals surface area contributed by atoms with Crippen molar-refractivity contribution in [3.63, 3.8) is 0 Å². The van der Waals surface area contributed by atoms with E-state index in [1.807, 2.05) is 32.1 Å². The number of imidazole rings is 1. The summed E-state index contributed by atoms with van der Waals surface area (Å²) in [7, 11) is 0. The molecule has 268 valence electrons. The Labute approximate surface area is 298 Å². The lowest BCUT2D eigenvalue weighted by molar-refractivity contribution is -0.146. The van der Waals surface area contributed by atoms with Crippen LogP contribution in [0.2, 0.25) is 0 Å². The Bertz CT molecular complexity index is 1770. The number of aliphatic carboxylic acids is 1. The second-order valence-corrected chi connectivity index (χ2v) is 16.3. The lowest BCUT2D eigenvalue weighted by Crippen LogP contribution is -2.55. The van der Waals surface area contributed by atoms with Crippen LogP contribution in [0.25, 0.3) is 21.6 Å². The van der Waals surface area contributed by atoms with Gasteiger partial charge >= 0.3 is 5.97 Å². The van der Waals surface area contributed by atoms with Gasteiger partial charge in [0.25, 0.3) is 6.01 Å². The summed E-state index contributed by atoms with van der Waals surface area (Å²) < 4.78 is 8.86. The van der Waals surface area contributed by atoms with Gasteiger partial charge < -0.3 is 20.1 Å². The van der Waals surface area contributed by atoms with E-state index >= 15 is 0 Å². The smallest absolute Gasteiger partial charge is 0.330 e. The minimum Gasteiger partial charge on any atom is -0.479 e. The quantitative estimate of drug-likeness (QED) is 0.255. The number of fused-ring (bicyclic) bond motifs is 3. The van der Waals surface area contributed by atoms with Crippen molar-refractivity contribution in [3.05, 3.63) is 41.4 Å². The standard InChI is InChI=1S/C39H51N5O5S/c1-23(2)44-30-19-13-18-28(35-40-29(22-50-35)26-15-10-8-11-16-26)32(30)41-38(44)49-31-21-43-33(25(31)4)34(45)42-39(37(47)48)20-27(39)17-12-7-5-6-9-14-24(3)36(43)46/h12-13,17-19,22-27,31,33H,5-11,14-16,20-21H2,1-4H3,(H,42,45)(H,47,48)/b17-12-/t24-,25+,27-,31-,33-,39+/m0/s1. The van der Waals surface area contributed by atoms with Gasteiger partial charge in [-0.2, -0.15) is 4.98 Å². The van der Waals surface area contributed by atoms with E-state index in [0.29, 0.717) is 18.3 Å². The number of amides is 2. The molecule has 2 amide bonds. The van der Waals surface area contributed by atoms with Crippen LogP contribution in [0, 0.1) is 17.8 Å². The normalized spacial score (nSPS) is 30.3. The number of carbonyl (C=O) groups is 3. The molecule has 2 N–H and O–H groups in total. The van der Waals surface area contributed by atoms with Crippen LogP contribution in [0.3, 0.4) is 0 Å². The number of ether oxygens (including phenoxy) is 1. The highest BCUT2D eigenvalue weighted by molar-refractivity contribution is 7.13. The van der Waals surface area contributed by atoms with Crippen molar-refractivity contribution in [2.75, 3.05) is 6.54 Å². The van der Waals surface area contributed by atoms with Crippen molar-refractivity contribution in [3.8, 4) is 16.6 Å². The third kappa shape index (κ3) is 6.46. The van der Waals surface area contributed by atoms with Crippen LogP contribution < -0.4 is 10.1 Å². The van der Waals surface area contributed by atoms with Crippen LogP contribution in [0.15, 0.2) is 35.7 Å². The molecule has 7 rings (SSSR count). The van der Waals surface area contributed by atoms with Gasteiger partial charge in [-0.1, -0.05) is 64.2 Å². The van der Waals surface area contributed by atoms with Crippen LogP contribution in [-0.4, -0.2) is 66.6 Å². The number of carbonyl (C=O) groups excluding carboxylic acids is 2. The van der Waals surface area contributed by atoms with Crippen molar-refractivity contribution in [2.24, 2.45) is 17.8 Å². The SMILES string of the molecule is CC(C)n1c(O[C@H]2CN3C(=O)[C@@H](C)CCCCC/C=C\[C@H]4C[C@@]4(C(=O)O)NC(=O)[C@@H]3[C@@H]2C)nc2c(-c3nc(C4CCCCC4)cs3)cccc21. The van der Waals surface area contributed by atoms with E-state index in [0.717, 1.165) is 53.7 Å². The summed E-state index contributed by atoms with van der Waals surface area (Å²) in [6.07, 6.45) is 14.5. The number of carboxylic acids is 1. The van der Waals surface area contributed by atoms with E-state index in [2.05, 4.69) is 41.2 Å². The Kier molecular flexibility index (Phi) is 9.80. The van der Waals surface area contributed by atoms with Gasteiger partial charge in [-0.3, -0.25) is 14.2 Å².